The highest BCUT2D eigenvalue weighted by atomic mass is 32.2. The molecule has 0 saturated heterocycles. The molecule has 0 saturated carbocycles. The number of fused-ring (bicyclic) bond motifs is 1. The predicted molar refractivity (Wildman–Crippen MR) is 135 cm³/mol. The lowest BCUT2D eigenvalue weighted by Gasteiger charge is -2.29. The van der Waals surface area contributed by atoms with Gasteiger partial charge in [0.15, 0.2) is 9.84 Å². The molecule has 0 fully saturated rings. The molecule has 2 N–H and O–H groups in total. The Labute approximate surface area is 203 Å². The van der Waals surface area contributed by atoms with Gasteiger partial charge in [0.1, 0.15) is 12.3 Å². The number of carbonyl (C=O) groups excluding carboxylic acids is 3. The van der Waals surface area contributed by atoms with E-state index in [-0.39, 0.29) is 24.1 Å². The van der Waals surface area contributed by atoms with Crippen molar-refractivity contribution >= 4 is 44.6 Å². The Bertz CT molecular complexity index is 1340. The third-order valence-electron chi connectivity index (χ3n) is 5.55. The minimum atomic E-state index is -3.55. The third kappa shape index (κ3) is 6.33. The second kappa shape index (κ2) is 10.5. The number of benzene rings is 3. The Morgan fingerprint density at radius 2 is 1.60 bits per heavy atom. The van der Waals surface area contributed by atoms with Gasteiger partial charge < -0.3 is 10.6 Å². The lowest BCUT2D eigenvalue weighted by molar-refractivity contribution is -0.115. The molecule has 1 aliphatic heterocycles. The zero-order valence-electron chi connectivity index (χ0n) is 18.9. The largest absolute Gasteiger partial charge is 0.325 e. The third-order valence-corrected chi connectivity index (χ3v) is 7.16. The van der Waals surface area contributed by atoms with Gasteiger partial charge in [-0.3, -0.25) is 19.3 Å². The summed E-state index contributed by atoms with van der Waals surface area (Å²) in [6.45, 7) is -0.101. The van der Waals surface area contributed by atoms with Gasteiger partial charge in [0.2, 0.25) is 11.8 Å². The highest BCUT2D eigenvalue weighted by Gasteiger charge is 2.27. The molecule has 1 heterocycles. The van der Waals surface area contributed by atoms with Gasteiger partial charge in [-0.15, -0.1) is 0 Å². The van der Waals surface area contributed by atoms with Crippen molar-refractivity contribution in [2.45, 2.75) is 12.8 Å². The predicted octanol–water partition coefficient (Wildman–Crippen LogP) is 3.27. The average Bonchev–Trinajstić information content (AvgIpc) is 2.83. The van der Waals surface area contributed by atoms with Crippen molar-refractivity contribution in [1.29, 1.82) is 0 Å². The summed E-state index contributed by atoms with van der Waals surface area (Å²) in [4.78, 5) is 38.7. The Morgan fingerprint density at radius 3 is 2.34 bits per heavy atom. The van der Waals surface area contributed by atoms with Crippen LogP contribution in [0.1, 0.15) is 22.3 Å². The van der Waals surface area contributed by atoms with E-state index in [9.17, 15) is 22.8 Å². The van der Waals surface area contributed by atoms with Gasteiger partial charge >= 0.3 is 0 Å². The Balaban J connectivity index is 1.33. The summed E-state index contributed by atoms with van der Waals surface area (Å²) in [5.41, 5.74) is 2.93. The maximum atomic E-state index is 13.0. The number of amides is 3. The summed E-state index contributed by atoms with van der Waals surface area (Å²) in [7, 11) is -3.55. The van der Waals surface area contributed by atoms with Gasteiger partial charge in [0.05, 0.1) is 17.1 Å². The number of para-hydroxylation sites is 2. The number of hydrogen-bond acceptors (Lipinski definition) is 5. The van der Waals surface area contributed by atoms with E-state index in [1.54, 1.807) is 24.3 Å². The Hall–Kier alpha value is -3.98. The van der Waals surface area contributed by atoms with Crippen molar-refractivity contribution < 1.29 is 22.8 Å². The normalized spacial score (nSPS) is 13.0. The lowest BCUT2D eigenvalue weighted by Crippen LogP contribution is -2.42. The first kappa shape index (κ1) is 24.2. The first-order valence-corrected chi connectivity index (χ1v) is 13.0. The lowest BCUT2D eigenvalue weighted by atomic mass is 10.1. The zero-order chi connectivity index (χ0) is 24.8. The Kier molecular flexibility index (Phi) is 7.26. The zero-order valence-corrected chi connectivity index (χ0v) is 19.8. The molecule has 0 atom stereocenters. The van der Waals surface area contributed by atoms with Crippen LogP contribution in [0.15, 0.2) is 78.9 Å². The van der Waals surface area contributed by atoms with E-state index < -0.39 is 21.5 Å². The highest BCUT2D eigenvalue weighted by Crippen LogP contribution is 2.30. The van der Waals surface area contributed by atoms with Crippen molar-refractivity contribution in [2.24, 2.45) is 0 Å². The first-order valence-electron chi connectivity index (χ1n) is 11.2. The SMILES string of the molecule is O=C(CS(=O)(=O)CCCc1ccccc1)Nc1ccc(C(=O)N2CC(=O)Nc3ccccc32)cc1. The molecule has 35 heavy (non-hydrogen) atoms. The van der Waals surface area contributed by atoms with Crippen molar-refractivity contribution in [3.63, 3.8) is 0 Å². The van der Waals surface area contributed by atoms with Crippen LogP contribution in [0.5, 0.6) is 0 Å². The number of hydrogen-bond donors (Lipinski definition) is 2. The van der Waals surface area contributed by atoms with Gasteiger partial charge in [-0.25, -0.2) is 8.42 Å². The molecule has 0 unspecified atom stereocenters. The molecule has 4 rings (SSSR count). The maximum Gasteiger partial charge on any atom is 0.258 e. The van der Waals surface area contributed by atoms with E-state index in [2.05, 4.69) is 10.6 Å². The van der Waals surface area contributed by atoms with Gasteiger partial charge in [-0.1, -0.05) is 42.5 Å². The molecule has 9 heteroatoms. The summed E-state index contributed by atoms with van der Waals surface area (Å²) in [6, 6.07) is 22.7. The quantitative estimate of drug-likeness (QED) is 0.502. The van der Waals surface area contributed by atoms with Gasteiger partial charge in [-0.2, -0.15) is 0 Å². The Morgan fingerprint density at radius 1 is 0.914 bits per heavy atom. The van der Waals surface area contributed by atoms with Crippen LogP contribution < -0.4 is 15.5 Å². The summed E-state index contributed by atoms with van der Waals surface area (Å²) >= 11 is 0. The number of anilines is 3. The molecule has 180 valence electrons. The number of carbonyl (C=O) groups is 3. The van der Waals surface area contributed by atoms with Crippen LogP contribution >= 0.6 is 0 Å². The summed E-state index contributed by atoms with van der Waals surface area (Å²) in [5, 5.41) is 5.30. The topological polar surface area (TPSA) is 113 Å². The number of nitrogens with one attached hydrogen (secondary N) is 2. The van der Waals surface area contributed by atoms with Gasteiger partial charge in [0.25, 0.3) is 5.91 Å². The summed E-state index contributed by atoms with van der Waals surface area (Å²) in [5.74, 6) is -1.96. The van der Waals surface area contributed by atoms with Crippen molar-refractivity contribution in [1.82, 2.24) is 0 Å². The first-order chi connectivity index (χ1) is 16.8. The van der Waals surface area contributed by atoms with Gasteiger partial charge in [-0.05, 0) is 54.8 Å². The van der Waals surface area contributed by atoms with Crippen molar-refractivity contribution in [3.05, 3.63) is 90.0 Å². The van der Waals surface area contributed by atoms with Crippen LogP contribution in [0.4, 0.5) is 17.1 Å². The summed E-state index contributed by atoms with van der Waals surface area (Å²) in [6.07, 6.45) is 1.06. The number of sulfone groups is 1. The van der Waals surface area contributed by atoms with Crippen molar-refractivity contribution in [3.8, 4) is 0 Å². The van der Waals surface area contributed by atoms with E-state index in [1.165, 1.54) is 29.2 Å². The fraction of sp³-hybridized carbons (Fsp3) is 0.192. The smallest absolute Gasteiger partial charge is 0.258 e. The second-order valence-corrected chi connectivity index (χ2v) is 10.4. The standard InChI is InChI=1S/C26H25N3O5S/c30-24-17-29(23-11-5-4-10-22(23)28-24)26(32)20-12-14-21(15-13-20)27-25(31)18-35(33,34)16-6-9-19-7-2-1-3-8-19/h1-5,7-8,10-15H,6,9,16-18H2,(H,27,31)(H,28,30). The fourth-order valence-electron chi connectivity index (χ4n) is 3.88. The molecular formula is C26H25N3O5S. The van der Waals surface area contributed by atoms with Crippen LogP contribution in [0.2, 0.25) is 0 Å². The van der Waals surface area contributed by atoms with Crippen LogP contribution in [-0.2, 0) is 25.8 Å². The molecule has 8 nitrogen and oxygen atoms in total. The molecule has 0 aromatic heterocycles. The number of rotatable bonds is 8. The van der Waals surface area contributed by atoms with E-state index >= 15 is 0 Å². The molecule has 0 spiro atoms. The fourth-order valence-corrected chi connectivity index (χ4v) is 5.08. The molecule has 0 bridgehead atoms. The highest BCUT2D eigenvalue weighted by molar-refractivity contribution is 7.92. The molecule has 3 aromatic carbocycles. The van der Waals surface area contributed by atoms with Crippen molar-refractivity contribution in [2.75, 3.05) is 33.6 Å². The second-order valence-electron chi connectivity index (χ2n) is 8.26. The molecule has 3 amide bonds. The molecule has 1 aliphatic rings. The van der Waals surface area contributed by atoms with E-state index in [1.807, 2.05) is 30.3 Å². The van der Waals surface area contributed by atoms with Crippen LogP contribution in [0, 0.1) is 0 Å². The van der Waals surface area contributed by atoms with E-state index in [0.29, 0.717) is 35.5 Å². The monoisotopic (exact) mass is 491 g/mol. The van der Waals surface area contributed by atoms with Crippen LogP contribution in [0.25, 0.3) is 0 Å². The van der Waals surface area contributed by atoms with Crippen LogP contribution in [0.3, 0.4) is 0 Å². The number of aryl methyl sites for hydroxylation is 1. The minimum absolute atomic E-state index is 0.0758. The summed E-state index contributed by atoms with van der Waals surface area (Å²) < 4.78 is 24.6. The maximum absolute atomic E-state index is 13.0. The number of nitrogens with zero attached hydrogens (tertiary/aromatic N) is 1. The molecule has 0 radical (unpaired) electrons. The minimum Gasteiger partial charge on any atom is -0.325 e. The van der Waals surface area contributed by atoms with Gasteiger partial charge in [0, 0.05) is 11.3 Å². The van der Waals surface area contributed by atoms with Crippen LogP contribution in [-0.4, -0.2) is 44.2 Å². The average molecular weight is 492 g/mol. The van der Waals surface area contributed by atoms with E-state index in [0.717, 1.165) is 5.56 Å². The molecular weight excluding hydrogens is 466 g/mol. The van der Waals surface area contributed by atoms with E-state index in [4.69, 9.17) is 0 Å². The molecule has 0 aliphatic carbocycles. The molecule has 3 aromatic rings.